The van der Waals surface area contributed by atoms with Gasteiger partial charge in [0.05, 0.1) is 0 Å². The third-order valence-electron chi connectivity index (χ3n) is 3.48. The SMILES string of the molecule is CCNC1(C(=O)O)CCCC(Sc2nnnn2C)C1. The van der Waals surface area contributed by atoms with E-state index in [4.69, 9.17) is 0 Å². The molecule has 7 nitrogen and oxygen atoms in total. The number of hydrogen-bond acceptors (Lipinski definition) is 6. The Bertz CT molecular complexity index is 448. The largest absolute Gasteiger partial charge is 0.480 e. The summed E-state index contributed by atoms with van der Waals surface area (Å²) in [6.45, 7) is 2.60. The van der Waals surface area contributed by atoms with Crippen LogP contribution >= 0.6 is 11.8 Å². The number of carboxylic acid groups (broad SMARTS) is 1. The molecular formula is C11H19N5O2S. The predicted molar refractivity (Wildman–Crippen MR) is 71.0 cm³/mol. The third-order valence-corrected chi connectivity index (χ3v) is 4.78. The number of rotatable bonds is 5. The van der Waals surface area contributed by atoms with Crippen molar-refractivity contribution in [2.75, 3.05) is 6.54 Å². The fraction of sp³-hybridized carbons (Fsp3) is 0.818. The topological polar surface area (TPSA) is 92.9 Å². The highest BCUT2D eigenvalue weighted by molar-refractivity contribution is 7.99. The summed E-state index contributed by atoms with van der Waals surface area (Å²) in [5.74, 6) is -0.754. The number of aliphatic carboxylic acids is 1. The molecule has 2 unspecified atom stereocenters. The molecule has 0 aliphatic heterocycles. The average molecular weight is 285 g/mol. The van der Waals surface area contributed by atoms with E-state index in [1.807, 2.05) is 6.92 Å². The molecule has 0 saturated heterocycles. The molecule has 1 heterocycles. The molecule has 1 aromatic rings. The summed E-state index contributed by atoms with van der Waals surface area (Å²) in [6.07, 6.45) is 3.19. The van der Waals surface area contributed by atoms with Crippen molar-refractivity contribution in [1.82, 2.24) is 25.5 Å². The lowest BCUT2D eigenvalue weighted by molar-refractivity contribution is -0.146. The summed E-state index contributed by atoms with van der Waals surface area (Å²) in [6, 6.07) is 0. The van der Waals surface area contributed by atoms with Crippen LogP contribution in [-0.4, -0.2) is 48.6 Å². The highest BCUT2D eigenvalue weighted by Gasteiger charge is 2.42. The predicted octanol–water partition coefficient (Wildman–Crippen LogP) is 0.678. The van der Waals surface area contributed by atoms with Crippen LogP contribution in [0.5, 0.6) is 0 Å². The lowest BCUT2D eigenvalue weighted by Gasteiger charge is -2.37. The molecule has 2 rings (SSSR count). The molecule has 1 aliphatic rings. The zero-order valence-corrected chi connectivity index (χ0v) is 12.0. The van der Waals surface area contributed by atoms with Crippen LogP contribution in [0.1, 0.15) is 32.6 Å². The number of tetrazole rings is 1. The number of nitrogens with zero attached hydrogens (tertiary/aromatic N) is 4. The second kappa shape index (κ2) is 5.87. The maximum atomic E-state index is 11.6. The molecule has 1 fully saturated rings. The van der Waals surface area contributed by atoms with Crippen LogP contribution in [0.15, 0.2) is 5.16 Å². The molecule has 0 amide bonds. The van der Waals surface area contributed by atoms with E-state index in [1.165, 1.54) is 0 Å². The molecule has 1 saturated carbocycles. The first kappa shape index (κ1) is 14.3. The minimum Gasteiger partial charge on any atom is -0.480 e. The van der Waals surface area contributed by atoms with Crippen molar-refractivity contribution in [2.45, 2.75) is 48.6 Å². The second-order valence-electron chi connectivity index (χ2n) is 4.84. The molecule has 8 heteroatoms. The summed E-state index contributed by atoms with van der Waals surface area (Å²) in [5, 5.41) is 25.0. The summed E-state index contributed by atoms with van der Waals surface area (Å²) in [5.41, 5.74) is -0.795. The Morgan fingerprint density at radius 1 is 1.68 bits per heavy atom. The summed E-state index contributed by atoms with van der Waals surface area (Å²) in [4.78, 5) is 11.6. The first-order chi connectivity index (χ1) is 9.07. The monoisotopic (exact) mass is 285 g/mol. The zero-order chi connectivity index (χ0) is 13.9. The van der Waals surface area contributed by atoms with Crippen molar-refractivity contribution >= 4 is 17.7 Å². The highest BCUT2D eigenvalue weighted by atomic mass is 32.2. The van der Waals surface area contributed by atoms with Crippen molar-refractivity contribution in [3.05, 3.63) is 0 Å². The number of carboxylic acids is 1. The Labute approximate surface area is 116 Å². The lowest BCUT2D eigenvalue weighted by Crippen LogP contribution is -2.55. The van der Waals surface area contributed by atoms with E-state index >= 15 is 0 Å². The van der Waals surface area contributed by atoms with Gasteiger partial charge < -0.3 is 10.4 Å². The van der Waals surface area contributed by atoms with Gasteiger partial charge in [0.15, 0.2) is 0 Å². The molecule has 0 spiro atoms. The Hall–Kier alpha value is -1.15. The number of nitrogens with one attached hydrogen (secondary N) is 1. The van der Waals surface area contributed by atoms with Crippen molar-refractivity contribution in [2.24, 2.45) is 7.05 Å². The van der Waals surface area contributed by atoms with E-state index < -0.39 is 11.5 Å². The molecule has 1 aromatic heterocycles. The van der Waals surface area contributed by atoms with Gasteiger partial charge in [-0.15, -0.1) is 5.10 Å². The van der Waals surface area contributed by atoms with E-state index in [0.29, 0.717) is 19.4 Å². The second-order valence-corrected chi connectivity index (χ2v) is 6.11. The number of likely N-dealkylation sites (N-methyl/N-ethyl adjacent to an activating group) is 1. The number of carbonyl (C=O) groups is 1. The van der Waals surface area contributed by atoms with Gasteiger partial charge >= 0.3 is 5.97 Å². The number of thioether (sulfide) groups is 1. The number of aromatic nitrogens is 4. The number of aryl methyl sites for hydroxylation is 1. The minimum absolute atomic E-state index is 0.230. The van der Waals surface area contributed by atoms with Gasteiger partial charge in [-0.05, 0) is 42.7 Å². The molecule has 0 bridgehead atoms. The maximum absolute atomic E-state index is 11.6. The molecule has 106 valence electrons. The molecular weight excluding hydrogens is 266 g/mol. The van der Waals surface area contributed by atoms with Crippen LogP contribution < -0.4 is 5.32 Å². The van der Waals surface area contributed by atoms with Gasteiger partial charge in [0, 0.05) is 12.3 Å². The van der Waals surface area contributed by atoms with Crippen LogP contribution in [0, 0.1) is 0 Å². The fourth-order valence-corrected chi connectivity index (χ4v) is 3.79. The minimum atomic E-state index is -0.795. The molecule has 0 radical (unpaired) electrons. The van der Waals surface area contributed by atoms with E-state index in [2.05, 4.69) is 20.8 Å². The van der Waals surface area contributed by atoms with Gasteiger partial charge in [-0.2, -0.15) is 0 Å². The summed E-state index contributed by atoms with van der Waals surface area (Å²) >= 11 is 1.57. The highest BCUT2D eigenvalue weighted by Crippen LogP contribution is 2.37. The van der Waals surface area contributed by atoms with Gasteiger partial charge in [0.1, 0.15) is 5.54 Å². The molecule has 1 aliphatic carbocycles. The molecule has 2 N–H and O–H groups in total. The van der Waals surface area contributed by atoms with E-state index in [0.717, 1.165) is 18.0 Å². The van der Waals surface area contributed by atoms with Crippen LogP contribution in [0.2, 0.25) is 0 Å². The van der Waals surface area contributed by atoms with Crippen molar-refractivity contribution in [1.29, 1.82) is 0 Å². The van der Waals surface area contributed by atoms with E-state index in [9.17, 15) is 9.90 Å². The first-order valence-corrected chi connectivity index (χ1v) is 7.33. The third kappa shape index (κ3) is 3.06. The first-order valence-electron chi connectivity index (χ1n) is 6.45. The molecule has 2 atom stereocenters. The van der Waals surface area contributed by atoms with Gasteiger partial charge in [0.2, 0.25) is 5.16 Å². The van der Waals surface area contributed by atoms with Crippen molar-refractivity contribution in [3.63, 3.8) is 0 Å². The van der Waals surface area contributed by atoms with E-state index in [1.54, 1.807) is 23.5 Å². The Kier molecular flexibility index (Phi) is 4.41. The Morgan fingerprint density at radius 2 is 2.47 bits per heavy atom. The maximum Gasteiger partial charge on any atom is 0.323 e. The standard InChI is InChI=1S/C11H19N5O2S/c1-3-12-11(9(17)18)6-4-5-8(7-11)19-10-13-14-15-16(10)2/h8,12H,3-7H2,1-2H3,(H,17,18). The van der Waals surface area contributed by atoms with Crippen LogP contribution in [0.4, 0.5) is 0 Å². The van der Waals surface area contributed by atoms with Crippen LogP contribution in [0.3, 0.4) is 0 Å². The van der Waals surface area contributed by atoms with Gasteiger partial charge in [-0.1, -0.05) is 18.7 Å². The van der Waals surface area contributed by atoms with Crippen LogP contribution in [-0.2, 0) is 11.8 Å². The van der Waals surface area contributed by atoms with Crippen LogP contribution in [0.25, 0.3) is 0 Å². The molecule has 19 heavy (non-hydrogen) atoms. The smallest absolute Gasteiger partial charge is 0.323 e. The fourth-order valence-electron chi connectivity index (χ4n) is 2.56. The van der Waals surface area contributed by atoms with Gasteiger partial charge in [-0.25, -0.2) is 4.68 Å². The quantitative estimate of drug-likeness (QED) is 0.821. The Morgan fingerprint density at radius 3 is 3.05 bits per heavy atom. The normalized spacial score (nSPS) is 27.4. The summed E-state index contributed by atoms with van der Waals surface area (Å²) < 4.78 is 1.62. The summed E-state index contributed by atoms with van der Waals surface area (Å²) in [7, 11) is 1.79. The van der Waals surface area contributed by atoms with Gasteiger partial charge in [0.25, 0.3) is 0 Å². The number of hydrogen-bond donors (Lipinski definition) is 2. The van der Waals surface area contributed by atoms with Crippen molar-refractivity contribution < 1.29 is 9.90 Å². The lowest BCUT2D eigenvalue weighted by atomic mass is 9.81. The Balaban J connectivity index is 2.07. The van der Waals surface area contributed by atoms with Gasteiger partial charge in [-0.3, -0.25) is 4.79 Å². The van der Waals surface area contributed by atoms with E-state index in [-0.39, 0.29) is 5.25 Å². The molecule has 0 aromatic carbocycles. The van der Waals surface area contributed by atoms with Crippen molar-refractivity contribution in [3.8, 4) is 0 Å². The average Bonchev–Trinajstić information content (AvgIpc) is 2.76. The zero-order valence-electron chi connectivity index (χ0n) is 11.2.